The van der Waals surface area contributed by atoms with Crippen molar-refractivity contribution in [1.82, 2.24) is 19.7 Å². The normalized spacial score (nSPS) is 25.1. The second kappa shape index (κ2) is 12.6. The van der Waals surface area contributed by atoms with Crippen LogP contribution in [0.2, 0.25) is 0 Å². The van der Waals surface area contributed by atoms with Crippen LogP contribution in [0.3, 0.4) is 0 Å². The van der Waals surface area contributed by atoms with Crippen molar-refractivity contribution < 1.29 is 42.5 Å². The first kappa shape index (κ1) is 31.4. The van der Waals surface area contributed by atoms with Gasteiger partial charge in [-0.05, 0) is 53.7 Å². The van der Waals surface area contributed by atoms with Crippen molar-refractivity contribution in [3.63, 3.8) is 0 Å². The van der Waals surface area contributed by atoms with Gasteiger partial charge in [0.1, 0.15) is 41.6 Å². The van der Waals surface area contributed by atoms with E-state index < -0.39 is 74.9 Å². The van der Waals surface area contributed by atoms with Crippen molar-refractivity contribution in [3.8, 4) is 6.07 Å². The van der Waals surface area contributed by atoms with Crippen molar-refractivity contribution in [2.45, 2.75) is 78.1 Å². The summed E-state index contributed by atoms with van der Waals surface area (Å²) in [5.41, 5.74) is 5.35. The van der Waals surface area contributed by atoms with E-state index in [1.54, 1.807) is 39.8 Å². The highest BCUT2D eigenvalue weighted by atomic mass is 31.2. The number of hydrogen-bond acceptors (Lipinski definition) is 13. The van der Waals surface area contributed by atoms with Crippen LogP contribution < -0.4 is 10.8 Å². The molecule has 15 nitrogen and oxygen atoms in total. The lowest BCUT2D eigenvalue weighted by atomic mass is 9.79. The number of fused-ring (bicyclic) bond motifs is 1. The van der Waals surface area contributed by atoms with Gasteiger partial charge < -0.3 is 25.1 Å². The molecule has 0 aliphatic carbocycles. The molecule has 0 saturated carbocycles. The van der Waals surface area contributed by atoms with E-state index in [2.05, 4.69) is 21.2 Å². The van der Waals surface area contributed by atoms with Crippen LogP contribution in [0, 0.1) is 16.7 Å². The van der Waals surface area contributed by atoms with Crippen LogP contribution in [-0.4, -0.2) is 75.3 Å². The molecule has 3 heterocycles. The summed E-state index contributed by atoms with van der Waals surface area (Å²) < 4.78 is 42.0. The average Bonchev–Trinajstić information content (AvgIpc) is 3.41. The molecule has 2 aromatic rings. The lowest BCUT2D eigenvalue weighted by Gasteiger charge is -2.25. The number of carbonyl (C=O) groups excluding carboxylic acids is 2. The zero-order valence-electron chi connectivity index (χ0n) is 23.1. The zero-order chi connectivity index (χ0) is 29.8. The van der Waals surface area contributed by atoms with Gasteiger partial charge in [-0.2, -0.15) is 10.4 Å². The van der Waals surface area contributed by atoms with E-state index in [4.69, 9.17) is 29.0 Å². The fraction of sp³-hybridized carbons (Fsp3) is 0.625. The lowest BCUT2D eigenvalue weighted by molar-refractivity contribution is -0.150. The summed E-state index contributed by atoms with van der Waals surface area (Å²) in [5, 5.41) is 27.7. The minimum absolute atomic E-state index is 0.212. The standard InChI is InChI=1S/C24H35N6O9P/c1-13(2)37-19(31)10-36-40(34,29-15(5)23(33)38-14(3)4)35-9-18-20(32)24(6,11-25)21(39-18)16-7-8-17-22(26)27-12-28-30(16)17/h7-8,12-15,18,20-21,32H,9-10H2,1-6H3,(H,29,34)(H2,26,27,28)/t15-,18+,20+,21-,24+,40-/m0/s1. The van der Waals surface area contributed by atoms with E-state index >= 15 is 0 Å². The van der Waals surface area contributed by atoms with Crippen LogP contribution in [0.4, 0.5) is 5.82 Å². The maximum absolute atomic E-state index is 13.6. The largest absolute Gasteiger partial charge is 0.462 e. The van der Waals surface area contributed by atoms with Crippen molar-refractivity contribution in [1.29, 1.82) is 5.26 Å². The molecule has 0 unspecified atom stereocenters. The number of aliphatic hydroxyl groups is 1. The number of aromatic nitrogens is 3. The molecule has 1 aliphatic heterocycles. The van der Waals surface area contributed by atoms with E-state index in [0.29, 0.717) is 11.2 Å². The van der Waals surface area contributed by atoms with Gasteiger partial charge in [-0.15, -0.1) is 0 Å². The van der Waals surface area contributed by atoms with E-state index in [-0.39, 0.29) is 5.82 Å². The molecule has 1 aliphatic rings. The first-order chi connectivity index (χ1) is 18.7. The molecule has 1 saturated heterocycles. The Morgan fingerprint density at radius 1 is 1.25 bits per heavy atom. The number of nitrogens with two attached hydrogens (primary N) is 1. The molecule has 1 fully saturated rings. The molecule has 0 spiro atoms. The van der Waals surface area contributed by atoms with Crippen LogP contribution in [0.1, 0.15) is 53.3 Å². The molecule has 0 aromatic carbocycles. The molecule has 40 heavy (non-hydrogen) atoms. The summed E-state index contributed by atoms with van der Waals surface area (Å²) in [4.78, 5) is 28.3. The van der Waals surface area contributed by atoms with Crippen LogP contribution in [0.15, 0.2) is 18.5 Å². The molecule has 0 bridgehead atoms. The van der Waals surface area contributed by atoms with Crippen LogP contribution in [-0.2, 0) is 37.4 Å². The molecular weight excluding hydrogens is 547 g/mol. The number of carbonyl (C=O) groups is 2. The fourth-order valence-electron chi connectivity index (χ4n) is 4.08. The molecule has 4 N–H and O–H groups in total. The molecule has 2 aromatic heterocycles. The molecule has 0 amide bonds. The van der Waals surface area contributed by atoms with Gasteiger partial charge in [0.25, 0.3) is 0 Å². The number of esters is 2. The second-order valence-corrected chi connectivity index (χ2v) is 11.8. The Morgan fingerprint density at radius 2 is 1.93 bits per heavy atom. The Hall–Kier alpha value is -3.12. The highest BCUT2D eigenvalue weighted by molar-refractivity contribution is 7.51. The lowest BCUT2D eigenvalue weighted by Crippen LogP contribution is -2.39. The molecular formula is C24H35N6O9P. The number of anilines is 1. The molecule has 6 atom stereocenters. The topological polar surface area (TPSA) is 210 Å². The number of aliphatic hydroxyl groups excluding tert-OH is 1. The number of ether oxygens (including phenoxy) is 3. The highest BCUT2D eigenvalue weighted by Crippen LogP contribution is 2.50. The Balaban J connectivity index is 1.81. The van der Waals surface area contributed by atoms with Gasteiger partial charge in [0.2, 0.25) is 0 Å². The number of rotatable bonds is 12. The Morgan fingerprint density at radius 3 is 2.55 bits per heavy atom. The monoisotopic (exact) mass is 582 g/mol. The van der Waals surface area contributed by atoms with Crippen LogP contribution in [0.25, 0.3) is 5.52 Å². The Labute approximate surface area is 231 Å². The van der Waals surface area contributed by atoms with Gasteiger partial charge >= 0.3 is 19.7 Å². The summed E-state index contributed by atoms with van der Waals surface area (Å²) in [6.07, 6.45) is -3.21. The molecule has 220 valence electrons. The third kappa shape index (κ3) is 6.95. The van der Waals surface area contributed by atoms with Crippen LogP contribution in [0.5, 0.6) is 0 Å². The Kier molecular flexibility index (Phi) is 9.89. The maximum atomic E-state index is 13.6. The van der Waals surface area contributed by atoms with E-state index in [1.165, 1.54) is 24.7 Å². The smallest absolute Gasteiger partial charge is 0.406 e. The predicted octanol–water partition coefficient (Wildman–Crippen LogP) is 1.66. The zero-order valence-corrected chi connectivity index (χ0v) is 24.0. The quantitative estimate of drug-likeness (QED) is 0.240. The first-order valence-electron chi connectivity index (χ1n) is 12.6. The molecule has 16 heteroatoms. The Bertz CT molecular complexity index is 1310. The first-order valence-corrected chi connectivity index (χ1v) is 14.1. The van der Waals surface area contributed by atoms with Crippen molar-refractivity contribution in [2.24, 2.45) is 5.41 Å². The molecule has 0 radical (unpaired) electrons. The van der Waals surface area contributed by atoms with Crippen molar-refractivity contribution >= 4 is 31.0 Å². The summed E-state index contributed by atoms with van der Waals surface area (Å²) in [6, 6.07) is 4.25. The summed E-state index contributed by atoms with van der Waals surface area (Å²) in [7, 11) is -4.39. The number of hydrogen-bond donors (Lipinski definition) is 3. The highest BCUT2D eigenvalue weighted by Gasteiger charge is 2.55. The maximum Gasteiger partial charge on any atom is 0.406 e. The number of nitrogens with one attached hydrogen (secondary N) is 1. The average molecular weight is 583 g/mol. The van der Waals surface area contributed by atoms with Gasteiger partial charge in [0, 0.05) is 0 Å². The minimum atomic E-state index is -4.39. The van der Waals surface area contributed by atoms with Gasteiger partial charge in [-0.1, -0.05) is 0 Å². The van der Waals surface area contributed by atoms with Crippen molar-refractivity contribution in [3.05, 3.63) is 24.2 Å². The van der Waals surface area contributed by atoms with Crippen molar-refractivity contribution in [2.75, 3.05) is 18.9 Å². The van der Waals surface area contributed by atoms with E-state index in [0.717, 1.165) is 0 Å². The number of nitriles is 1. The van der Waals surface area contributed by atoms with Gasteiger partial charge in [-0.3, -0.25) is 13.8 Å². The van der Waals surface area contributed by atoms with E-state index in [9.17, 15) is 24.5 Å². The van der Waals surface area contributed by atoms with Gasteiger partial charge in [0.15, 0.2) is 12.4 Å². The predicted molar refractivity (Wildman–Crippen MR) is 139 cm³/mol. The second-order valence-electron chi connectivity index (χ2n) is 10.0. The van der Waals surface area contributed by atoms with E-state index in [1.807, 2.05) is 0 Å². The molecule has 3 rings (SSSR count). The summed E-state index contributed by atoms with van der Waals surface area (Å²) in [6.45, 7) is 8.16. The van der Waals surface area contributed by atoms with Gasteiger partial charge in [-0.25, -0.2) is 23.9 Å². The third-order valence-corrected chi connectivity index (χ3v) is 7.69. The number of nitrogens with zero attached hydrogens (tertiary/aromatic N) is 4. The fourth-order valence-corrected chi connectivity index (χ4v) is 5.50. The summed E-state index contributed by atoms with van der Waals surface area (Å²) >= 11 is 0. The van der Waals surface area contributed by atoms with Crippen LogP contribution >= 0.6 is 7.75 Å². The minimum Gasteiger partial charge on any atom is -0.462 e. The van der Waals surface area contributed by atoms with Gasteiger partial charge in [0.05, 0.1) is 30.6 Å². The summed E-state index contributed by atoms with van der Waals surface area (Å²) in [5.74, 6) is -1.33. The third-order valence-electron chi connectivity index (χ3n) is 6.03. The number of nitrogen functional groups attached to an aromatic ring is 1. The SMILES string of the molecule is CC(C)OC(=O)CO[P@](=O)(N[C@@H](C)C(=O)OC(C)C)OC[C@H]1O[C@@H](c2ccc3c(N)ncnn23)[C@](C)(C#N)[C@@H]1O.